The number of carbonyl (C=O) groups excluding carboxylic acids is 1. The molecular weight excluding hydrogens is 304 g/mol. The van der Waals surface area contributed by atoms with E-state index in [1.807, 2.05) is 61.1 Å². The molecule has 1 aromatic carbocycles. The van der Waals surface area contributed by atoms with E-state index < -0.39 is 0 Å². The van der Waals surface area contributed by atoms with Gasteiger partial charge in [0.25, 0.3) is 5.89 Å². The maximum absolute atomic E-state index is 12.4. The molecule has 4 rings (SSSR count). The number of carbonyl (C=O) groups is 1. The number of nitrogens with zero attached hydrogens (tertiary/aromatic N) is 4. The highest BCUT2D eigenvalue weighted by Crippen LogP contribution is 2.31. The molecule has 1 atom stereocenters. The number of rotatable bonds is 3. The molecule has 1 aliphatic rings. The Labute approximate surface area is 139 Å². The van der Waals surface area contributed by atoms with E-state index >= 15 is 0 Å². The summed E-state index contributed by atoms with van der Waals surface area (Å²) in [6, 6.07) is 11.8. The van der Waals surface area contributed by atoms with Gasteiger partial charge >= 0.3 is 0 Å². The van der Waals surface area contributed by atoms with Gasteiger partial charge in [-0.15, -0.1) is 0 Å². The second kappa shape index (κ2) is 5.63. The average Bonchev–Trinajstić information content (AvgIpc) is 3.27. The Morgan fingerprint density at radius 2 is 2.00 bits per heavy atom. The van der Waals surface area contributed by atoms with Crippen molar-refractivity contribution in [2.45, 2.75) is 19.3 Å². The summed E-state index contributed by atoms with van der Waals surface area (Å²) in [6.07, 6.45) is 2.33. The minimum absolute atomic E-state index is 0.0448. The first-order valence-electron chi connectivity index (χ1n) is 7.94. The van der Waals surface area contributed by atoms with E-state index in [0.29, 0.717) is 24.7 Å². The van der Waals surface area contributed by atoms with Crippen LogP contribution in [0.2, 0.25) is 0 Å². The Kier molecular flexibility index (Phi) is 3.45. The van der Waals surface area contributed by atoms with Crippen LogP contribution in [0.4, 0.5) is 5.69 Å². The van der Waals surface area contributed by atoms with Crippen molar-refractivity contribution in [3.8, 4) is 11.6 Å². The molecule has 3 aromatic rings. The Morgan fingerprint density at radius 3 is 2.71 bits per heavy atom. The van der Waals surface area contributed by atoms with Crippen LogP contribution in [0.15, 0.2) is 47.1 Å². The van der Waals surface area contributed by atoms with Crippen molar-refractivity contribution < 1.29 is 9.32 Å². The van der Waals surface area contributed by atoms with Crippen molar-refractivity contribution in [2.24, 2.45) is 7.05 Å². The first-order chi connectivity index (χ1) is 11.6. The molecule has 0 N–H and O–H groups in total. The second-order valence-electron chi connectivity index (χ2n) is 6.20. The molecule has 24 heavy (non-hydrogen) atoms. The minimum Gasteiger partial charge on any atom is -0.347 e. The summed E-state index contributed by atoms with van der Waals surface area (Å²) in [5.41, 5.74) is 2.96. The molecule has 122 valence electrons. The third kappa shape index (κ3) is 2.50. The van der Waals surface area contributed by atoms with E-state index in [9.17, 15) is 4.79 Å². The summed E-state index contributed by atoms with van der Waals surface area (Å²) in [7, 11) is 1.93. The van der Waals surface area contributed by atoms with Crippen LogP contribution in [0.1, 0.15) is 23.7 Å². The van der Waals surface area contributed by atoms with Gasteiger partial charge in [-0.1, -0.05) is 22.9 Å². The highest BCUT2D eigenvalue weighted by molar-refractivity contribution is 5.96. The molecule has 1 aliphatic heterocycles. The van der Waals surface area contributed by atoms with Crippen molar-refractivity contribution in [1.29, 1.82) is 0 Å². The zero-order valence-corrected chi connectivity index (χ0v) is 13.6. The Balaban J connectivity index is 1.56. The van der Waals surface area contributed by atoms with E-state index in [4.69, 9.17) is 4.52 Å². The molecule has 1 unspecified atom stereocenters. The summed E-state index contributed by atoms with van der Waals surface area (Å²) >= 11 is 0. The first-order valence-corrected chi connectivity index (χ1v) is 7.94. The van der Waals surface area contributed by atoms with Gasteiger partial charge in [0.05, 0.1) is 0 Å². The van der Waals surface area contributed by atoms with Crippen molar-refractivity contribution in [2.75, 3.05) is 11.4 Å². The highest BCUT2D eigenvalue weighted by atomic mass is 16.5. The lowest BCUT2D eigenvalue weighted by Crippen LogP contribution is -2.24. The minimum atomic E-state index is -0.0448. The average molecular weight is 322 g/mol. The van der Waals surface area contributed by atoms with Crippen LogP contribution in [0, 0.1) is 6.92 Å². The molecule has 0 bridgehead atoms. The van der Waals surface area contributed by atoms with E-state index in [1.54, 1.807) is 4.90 Å². The summed E-state index contributed by atoms with van der Waals surface area (Å²) in [4.78, 5) is 18.7. The summed E-state index contributed by atoms with van der Waals surface area (Å²) in [5, 5.41) is 4.09. The topological polar surface area (TPSA) is 64.2 Å². The number of aryl methyl sites for hydroxylation is 2. The van der Waals surface area contributed by atoms with Gasteiger partial charge in [0.15, 0.2) is 5.82 Å². The standard InChI is InChI=1S/C18H18N4O2/c1-12-5-7-14(8-6-12)22-11-13(10-16(22)23)17-19-18(24-20-17)15-4-3-9-21(15)2/h3-9,13H,10-11H2,1-2H3. The number of aromatic nitrogens is 3. The monoisotopic (exact) mass is 322 g/mol. The number of benzene rings is 1. The molecule has 1 saturated heterocycles. The smallest absolute Gasteiger partial charge is 0.274 e. The van der Waals surface area contributed by atoms with Crippen LogP contribution in [0.3, 0.4) is 0 Å². The van der Waals surface area contributed by atoms with Gasteiger partial charge < -0.3 is 14.0 Å². The van der Waals surface area contributed by atoms with Gasteiger partial charge in [-0.05, 0) is 31.2 Å². The number of hydrogen-bond acceptors (Lipinski definition) is 4. The zero-order chi connectivity index (χ0) is 16.7. The molecule has 0 saturated carbocycles. The van der Waals surface area contributed by atoms with Gasteiger partial charge in [-0.3, -0.25) is 4.79 Å². The predicted molar refractivity (Wildman–Crippen MR) is 89.6 cm³/mol. The molecule has 3 heterocycles. The quantitative estimate of drug-likeness (QED) is 0.744. The summed E-state index contributed by atoms with van der Waals surface area (Å²) in [6.45, 7) is 2.61. The lowest BCUT2D eigenvalue weighted by Gasteiger charge is -2.16. The van der Waals surface area contributed by atoms with Gasteiger partial charge in [-0.2, -0.15) is 4.98 Å². The molecule has 6 heteroatoms. The third-order valence-electron chi connectivity index (χ3n) is 4.44. The van der Waals surface area contributed by atoms with Crippen molar-refractivity contribution in [3.63, 3.8) is 0 Å². The van der Waals surface area contributed by atoms with Crippen LogP contribution in [0.25, 0.3) is 11.6 Å². The Morgan fingerprint density at radius 1 is 1.21 bits per heavy atom. The number of hydrogen-bond donors (Lipinski definition) is 0. The van der Waals surface area contributed by atoms with Gasteiger partial charge in [0.1, 0.15) is 5.69 Å². The van der Waals surface area contributed by atoms with E-state index in [1.165, 1.54) is 5.56 Å². The van der Waals surface area contributed by atoms with Crippen molar-refractivity contribution in [3.05, 3.63) is 54.0 Å². The molecule has 1 amide bonds. The van der Waals surface area contributed by atoms with E-state index in [0.717, 1.165) is 11.4 Å². The van der Waals surface area contributed by atoms with Crippen LogP contribution < -0.4 is 4.90 Å². The van der Waals surface area contributed by atoms with Crippen molar-refractivity contribution >= 4 is 11.6 Å². The fraction of sp³-hybridized carbons (Fsp3) is 0.278. The third-order valence-corrected chi connectivity index (χ3v) is 4.44. The number of amides is 1. The predicted octanol–water partition coefficient (Wildman–Crippen LogP) is 2.90. The maximum atomic E-state index is 12.4. The van der Waals surface area contributed by atoms with E-state index in [-0.39, 0.29) is 11.8 Å². The zero-order valence-electron chi connectivity index (χ0n) is 13.6. The molecule has 0 radical (unpaired) electrons. The Bertz CT molecular complexity index is 879. The lowest BCUT2D eigenvalue weighted by molar-refractivity contribution is -0.117. The van der Waals surface area contributed by atoms with Crippen LogP contribution in [-0.4, -0.2) is 27.2 Å². The van der Waals surface area contributed by atoms with Gasteiger partial charge in [0.2, 0.25) is 5.91 Å². The van der Waals surface area contributed by atoms with Crippen LogP contribution in [-0.2, 0) is 11.8 Å². The second-order valence-corrected chi connectivity index (χ2v) is 6.20. The fourth-order valence-corrected chi connectivity index (χ4v) is 3.04. The SMILES string of the molecule is Cc1ccc(N2CC(c3noc(-c4cccn4C)n3)CC2=O)cc1. The highest BCUT2D eigenvalue weighted by Gasteiger charge is 2.34. The molecule has 0 spiro atoms. The molecule has 1 fully saturated rings. The van der Waals surface area contributed by atoms with Crippen LogP contribution in [0.5, 0.6) is 0 Å². The maximum Gasteiger partial charge on any atom is 0.274 e. The molecule has 6 nitrogen and oxygen atoms in total. The van der Waals surface area contributed by atoms with Crippen LogP contribution >= 0.6 is 0 Å². The summed E-state index contributed by atoms with van der Waals surface area (Å²) < 4.78 is 7.31. The van der Waals surface area contributed by atoms with Gasteiger partial charge in [0, 0.05) is 37.8 Å². The lowest BCUT2D eigenvalue weighted by atomic mass is 10.1. The fourth-order valence-electron chi connectivity index (χ4n) is 3.04. The normalized spacial score (nSPS) is 17.7. The Hall–Kier alpha value is -2.89. The number of anilines is 1. The van der Waals surface area contributed by atoms with Gasteiger partial charge in [-0.25, -0.2) is 0 Å². The molecule has 2 aromatic heterocycles. The van der Waals surface area contributed by atoms with E-state index in [2.05, 4.69) is 10.1 Å². The largest absolute Gasteiger partial charge is 0.347 e. The molecular formula is C18H18N4O2. The molecule has 0 aliphatic carbocycles. The summed E-state index contributed by atoms with van der Waals surface area (Å²) in [5.74, 6) is 1.12. The van der Waals surface area contributed by atoms with Crippen molar-refractivity contribution in [1.82, 2.24) is 14.7 Å². The first kappa shape index (κ1) is 14.7.